The number of alkyl halides is 3. The van der Waals surface area contributed by atoms with Gasteiger partial charge in [0.15, 0.2) is 5.69 Å². The number of halogens is 4. The van der Waals surface area contributed by atoms with Gasteiger partial charge in [0.2, 0.25) is 0 Å². The third kappa shape index (κ3) is 2.34. The lowest BCUT2D eigenvalue weighted by atomic mass is 9.99. The summed E-state index contributed by atoms with van der Waals surface area (Å²) in [6.45, 7) is 1.63. The van der Waals surface area contributed by atoms with Gasteiger partial charge >= 0.3 is 6.18 Å². The fourth-order valence-corrected chi connectivity index (χ4v) is 1.73. The molecule has 0 bridgehead atoms. The molecular weight excluding hydrogens is 246 g/mol. The van der Waals surface area contributed by atoms with Crippen molar-refractivity contribution in [1.82, 2.24) is 4.98 Å². The van der Waals surface area contributed by atoms with Crippen LogP contribution in [0.15, 0.2) is 36.5 Å². The van der Waals surface area contributed by atoms with Gasteiger partial charge in [0.05, 0.1) is 0 Å². The molecule has 0 aliphatic rings. The molecule has 94 valence electrons. The Kier molecular flexibility index (Phi) is 3.07. The van der Waals surface area contributed by atoms with Gasteiger partial charge in [0.25, 0.3) is 0 Å². The van der Waals surface area contributed by atoms with Crippen molar-refractivity contribution >= 4 is 0 Å². The number of rotatable bonds is 1. The number of pyridine rings is 1. The lowest BCUT2D eigenvalue weighted by Gasteiger charge is -2.13. The summed E-state index contributed by atoms with van der Waals surface area (Å²) in [4.78, 5) is 3.35. The van der Waals surface area contributed by atoms with Gasteiger partial charge in [-0.15, -0.1) is 0 Å². The molecule has 0 amide bonds. The second kappa shape index (κ2) is 4.40. The minimum absolute atomic E-state index is 0.109. The lowest BCUT2D eigenvalue weighted by Crippen LogP contribution is -2.10. The Balaban J connectivity index is 2.68. The van der Waals surface area contributed by atoms with Crippen LogP contribution in [0.5, 0.6) is 0 Å². The molecule has 0 spiro atoms. The molecule has 0 fully saturated rings. The molecule has 18 heavy (non-hydrogen) atoms. The summed E-state index contributed by atoms with van der Waals surface area (Å²) in [7, 11) is 0. The summed E-state index contributed by atoms with van der Waals surface area (Å²) >= 11 is 0. The summed E-state index contributed by atoms with van der Waals surface area (Å²) in [6, 6.07) is 6.42. The van der Waals surface area contributed by atoms with Crippen molar-refractivity contribution in [2.75, 3.05) is 0 Å². The molecule has 0 unspecified atom stereocenters. The summed E-state index contributed by atoms with van der Waals surface area (Å²) in [5.41, 5.74) is -0.342. The van der Waals surface area contributed by atoms with Gasteiger partial charge in [0.1, 0.15) is 5.82 Å². The molecule has 0 atom stereocenters. The largest absolute Gasteiger partial charge is 0.433 e. The highest BCUT2D eigenvalue weighted by atomic mass is 19.4. The van der Waals surface area contributed by atoms with Crippen LogP contribution >= 0.6 is 0 Å². The standard InChI is InChI=1S/C13H9F4N/c1-8-4-5-9(14)7-11(8)10-3-2-6-18-12(10)13(15,16)17/h2-7H,1H3. The molecule has 2 rings (SSSR count). The lowest BCUT2D eigenvalue weighted by molar-refractivity contribution is -0.140. The van der Waals surface area contributed by atoms with E-state index in [1.54, 1.807) is 6.92 Å². The van der Waals surface area contributed by atoms with Crippen molar-refractivity contribution in [3.63, 3.8) is 0 Å². The molecule has 0 aliphatic carbocycles. The van der Waals surface area contributed by atoms with Crippen LogP contribution in [0, 0.1) is 12.7 Å². The zero-order valence-corrected chi connectivity index (χ0v) is 9.42. The zero-order valence-electron chi connectivity index (χ0n) is 9.42. The Bertz CT molecular complexity index is 575. The van der Waals surface area contributed by atoms with Gasteiger partial charge in [-0.25, -0.2) is 4.39 Å². The molecule has 5 heteroatoms. The second-order valence-corrected chi connectivity index (χ2v) is 3.86. The maximum atomic E-state index is 13.2. The topological polar surface area (TPSA) is 12.9 Å². The normalized spacial score (nSPS) is 11.6. The van der Waals surface area contributed by atoms with E-state index in [-0.39, 0.29) is 11.1 Å². The molecule has 0 N–H and O–H groups in total. The molecule has 2 aromatic rings. The number of nitrogens with zero attached hydrogens (tertiary/aromatic N) is 1. The van der Waals surface area contributed by atoms with Gasteiger partial charge in [-0.05, 0) is 36.2 Å². The van der Waals surface area contributed by atoms with Gasteiger partial charge in [-0.3, -0.25) is 4.98 Å². The highest BCUT2D eigenvalue weighted by Crippen LogP contribution is 2.36. The first-order valence-electron chi connectivity index (χ1n) is 5.18. The first kappa shape index (κ1) is 12.5. The SMILES string of the molecule is Cc1ccc(F)cc1-c1cccnc1C(F)(F)F. The fraction of sp³-hybridized carbons (Fsp3) is 0.154. The van der Waals surface area contributed by atoms with Crippen molar-refractivity contribution in [2.24, 2.45) is 0 Å². The third-order valence-corrected chi connectivity index (χ3v) is 2.57. The fourth-order valence-electron chi connectivity index (χ4n) is 1.73. The van der Waals surface area contributed by atoms with Crippen molar-refractivity contribution in [2.45, 2.75) is 13.1 Å². The Morgan fingerprint density at radius 1 is 1.06 bits per heavy atom. The third-order valence-electron chi connectivity index (χ3n) is 2.57. The van der Waals surface area contributed by atoms with Crippen LogP contribution in [0.25, 0.3) is 11.1 Å². The van der Waals surface area contributed by atoms with Crippen LogP contribution in [-0.2, 0) is 6.18 Å². The zero-order chi connectivity index (χ0) is 13.3. The minimum atomic E-state index is -4.56. The van der Waals surface area contributed by atoms with E-state index < -0.39 is 17.7 Å². The summed E-state index contributed by atoms with van der Waals surface area (Å²) < 4.78 is 51.6. The Hall–Kier alpha value is -1.91. The van der Waals surface area contributed by atoms with Crippen LogP contribution in [-0.4, -0.2) is 4.98 Å². The predicted octanol–water partition coefficient (Wildman–Crippen LogP) is 4.21. The van der Waals surface area contributed by atoms with Gasteiger partial charge < -0.3 is 0 Å². The van der Waals surface area contributed by atoms with E-state index >= 15 is 0 Å². The van der Waals surface area contributed by atoms with Crippen LogP contribution in [0.2, 0.25) is 0 Å². The van der Waals surface area contributed by atoms with E-state index in [1.807, 2.05) is 0 Å². The molecule has 0 saturated carbocycles. The van der Waals surface area contributed by atoms with E-state index in [0.29, 0.717) is 5.56 Å². The van der Waals surface area contributed by atoms with Crippen molar-refractivity contribution in [3.8, 4) is 11.1 Å². The van der Waals surface area contributed by atoms with E-state index in [4.69, 9.17) is 0 Å². The maximum absolute atomic E-state index is 13.2. The monoisotopic (exact) mass is 255 g/mol. The van der Waals surface area contributed by atoms with Gasteiger partial charge in [-0.2, -0.15) is 13.2 Å². The summed E-state index contributed by atoms with van der Waals surface area (Å²) in [5, 5.41) is 0. The molecule has 0 radical (unpaired) electrons. The molecule has 0 aliphatic heterocycles. The van der Waals surface area contributed by atoms with Crippen molar-refractivity contribution in [3.05, 3.63) is 53.6 Å². The van der Waals surface area contributed by atoms with E-state index in [1.165, 1.54) is 24.3 Å². The molecular formula is C13H9F4N. The van der Waals surface area contributed by atoms with Crippen LogP contribution in [0.3, 0.4) is 0 Å². The molecule has 1 nitrogen and oxygen atoms in total. The smallest absolute Gasteiger partial charge is 0.251 e. The Labute approximate surface area is 101 Å². The number of aromatic nitrogens is 1. The quantitative estimate of drug-likeness (QED) is 0.695. The first-order valence-corrected chi connectivity index (χ1v) is 5.18. The van der Waals surface area contributed by atoms with Crippen LogP contribution in [0.1, 0.15) is 11.3 Å². The van der Waals surface area contributed by atoms with Crippen molar-refractivity contribution < 1.29 is 17.6 Å². The number of hydrogen-bond acceptors (Lipinski definition) is 1. The van der Waals surface area contributed by atoms with Gasteiger partial charge in [0, 0.05) is 11.8 Å². The average Bonchev–Trinajstić information content (AvgIpc) is 2.31. The molecule has 0 saturated heterocycles. The number of benzene rings is 1. The van der Waals surface area contributed by atoms with Crippen LogP contribution < -0.4 is 0 Å². The highest BCUT2D eigenvalue weighted by Gasteiger charge is 2.35. The Morgan fingerprint density at radius 3 is 2.44 bits per heavy atom. The summed E-state index contributed by atoms with van der Waals surface area (Å²) in [6.07, 6.45) is -3.49. The average molecular weight is 255 g/mol. The second-order valence-electron chi connectivity index (χ2n) is 3.86. The molecule has 1 aromatic heterocycles. The van der Waals surface area contributed by atoms with E-state index in [0.717, 1.165) is 12.3 Å². The minimum Gasteiger partial charge on any atom is -0.251 e. The van der Waals surface area contributed by atoms with Gasteiger partial charge in [-0.1, -0.05) is 12.1 Å². The van der Waals surface area contributed by atoms with E-state index in [2.05, 4.69) is 4.98 Å². The predicted molar refractivity (Wildman–Crippen MR) is 59.4 cm³/mol. The van der Waals surface area contributed by atoms with Crippen LogP contribution in [0.4, 0.5) is 17.6 Å². The first-order chi connectivity index (χ1) is 8.39. The van der Waals surface area contributed by atoms with E-state index in [9.17, 15) is 17.6 Å². The number of aryl methyl sites for hydroxylation is 1. The van der Waals surface area contributed by atoms with Crippen molar-refractivity contribution in [1.29, 1.82) is 0 Å². The maximum Gasteiger partial charge on any atom is 0.433 e. The molecule has 1 heterocycles. The summed E-state index contributed by atoms with van der Waals surface area (Å²) in [5.74, 6) is -0.576. The molecule has 1 aromatic carbocycles. The highest BCUT2D eigenvalue weighted by molar-refractivity contribution is 5.69. The Morgan fingerprint density at radius 2 is 1.78 bits per heavy atom. The number of hydrogen-bond donors (Lipinski definition) is 0.